The quantitative estimate of drug-likeness (QED) is 0.713. The van der Waals surface area contributed by atoms with Gasteiger partial charge in [0.05, 0.1) is 33.6 Å². The molecule has 1 aliphatic rings. The van der Waals surface area contributed by atoms with Crippen LogP contribution < -0.4 is 15.8 Å². The second kappa shape index (κ2) is 6.68. The van der Waals surface area contributed by atoms with Crippen LogP contribution in [0.3, 0.4) is 0 Å². The molecule has 2 heterocycles. The minimum absolute atomic E-state index is 0.122. The van der Waals surface area contributed by atoms with Gasteiger partial charge in [-0.15, -0.1) is 0 Å². The number of halogens is 2. The first-order valence-electron chi connectivity index (χ1n) is 7.97. The highest BCUT2D eigenvalue weighted by atomic mass is 35.5. The van der Waals surface area contributed by atoms with Gasteiger partial charge in [-0.05, 0) is 24.3 Å². The van der Waals surface area contributed by atoms with Crippen LogP contribution in [-0.4, -0.2) is 27.9 Å². The van der Waals surface area contributed by atoms with Crippen molar-refractivity contribution >= 4 is 57.3 Å². The van der Waals surface area contributed by atoms with Crippen LogP contribution in [0.5, 0.6) is 0 Å². The summed E-state index contributed by atoms with van der Waals surface area (Å²) < 4.78 is 1.17. The van der Waals surface area contributed by atoms with Crippen LogP contribution in [0, 0.1) is 0 Å². The first-order valence-corrected chi connectivity index (χ1v) is 8.73. The molecule has 2 amide bonds. The van der Waals surface area contributed by atoms with Crippen LogP contribution >= 0.6 is 23.2 Å². The molecule has 27 heavy (non-hydrogen) atoms. The Hall–Kier alpha value is -2.90. The van der Waals surface area contributed by atoms with Crippen LogP contribution in [0.1, 0.15) is 0 Å². The maximum Gasteiger partial charge on any atom is 0.261 e. The fraction of sp³-hybridized carbons (Fsp3) is 0.111. The first kappa shape index (κ1) is 17.5. The molecule has 0 unspecified atom stereocenters. The molecule has 3 aromatic rings. The number of amides is 2. The van der Waals surface area contributed by atoms with Crippen LogP contribution in [-0.2, 0) is 16.1 Å². The van der Waals surface area contributed by atoms with Gasteiger partial charge in [0.25, 0.3) is 5.56 Å². The summed E-state index contributed by atoms with van der Waals surface area (Å²) in [7, 11) is 0. The van der Waals surface area contributed by atoms with Crippen molar-refractivity contribution in [1.82, 2.24) is 9.55 Å². The smallest absolute Gasteiger partial charge is 0.261 e. The highest BCUT2D eigenvalue weighted by molar-refractivity contribution is 6.38. The van der Waals surface area contributed by atoms with Gasteiger partial charge in [0.1, 0.15) is 13.1 Å². The molecular formula is C18H12Cl2N4O3. The van der Waals surface area contributed by atoms with Gasteiger partial charge < -0.3 is 5.32 Å². The molecule has 0 aliphatic carbocycles. The topological polar surface area (TPSA) is 84.3 Å². The SMILES string of the molecule is O=C1CN(C(=O)Cn2cnc3c(Cl)cc(Cl)cc3c2=O)c2ccccc2N1. The van der Waals surface area contributed by atoms with Crippen molar-refractivity contribution in [1.29, 1.82) is 0 Å². The molecule has 0 saturated heterocycles. The zero-order valence-electron chi connectivity index (χ0n) is 13.8. The molecule has 1 N–H and O–H groups in total. The molecule has 2 aromatic carbocycles. The normalized spacial score (nSPS) is 13.4. The van der Waals surface area contributed by atoms with E-state index in [9.17, 15) is 14.4 Å². The van der Waals surface area contributed by atoms with E-state index in [4.69, 9.17) is 23.2 Å². The number of nitrogens with one attached hydrogen (secondary N) is 1. The van der Waals surface area contributed by atoms with E-state index in [2.05, 4.69) is 10.3 Å². The van der Waals surface area contributed by atoms with E-state index in [1.165, 1.54) is 27.9 Å². The minimum Gasteiger partial charge on any atom is -0.323 e. The number of carbonyl (C=O) groups is 2. The Kier molecular flexibility index (Phi) is 4.33. The third-order valence-electron chi connectivity index (χ3n) is 4.22. The third kappa shape index (κ3) is 3.15. The van der Waals surface area contributed by atoms with Crippen LogP contribution in [0.2, 0.25) is 10.0 Å². The number of fused-ring (bicyclic) bond motifs is 2. The molecule has 0 saturated carbocycles. The van der Waals surface area contributed by atoms with Gasteiger partial charge in [-0.2, -0.15) is 0 Å². The van der Waals surface area contributed by atoms with E-state index in [1.807, 2.05) is 0 Å². The molecule has 0 radical (unpaired) electrons. The van der Waals surface area contributed by atoms with Crippen molar-refractivity contribution in [3.8, 4) is 0 Å². The predicted molar refractivity (Wildman–Crippen MR) is 103 cm³/mol. The second-order valence-corrected chi connectivity index (χ2v) is 6.85. The largest absolute Gasteiger partial charge is 0.323 e. The number of benzene rings is 2. The standard InChI is InChI=1S/C18H12Cl2N4O3/c19-10-5-11-17(12(20)6-10)21-9-23(18(11)27)8-16(26)24-7-15(25)22-13-3-1-2-4-14(13)24/h1-6,9H,7-8H2,(H,22,25). The van der Waals surface area contributed by atoms with Gasteiger partial charge in [-0.25, -0.2) is 4.98 Å². The van der Waals surface area contributed by atoms with E-state index in [0.717, 1.165) is 0 Å². The lowest BCUT2D eigenvalue weighted by Gasteiger charge is -2.29. The Balaban J connectivity index is 1.71. The summed E-state index contributed by atoms with van der Waals surface area (Å²) >= 11 is 12.0. The summed E-state index contributed by atoms with van der Waals surface area (Å²) in [5, 5.41) is 3.50. The predicted octanol–water partition coefficient (Wildman–Crippen LogP) is 2.69. The zero-order valence-corrected chi connectivity index (χ0v) is 15.3. The molecule has 7 nitrogen and oxygen atoms in total. The first-order chi connectivity index (χ1) is 12.9. The van der Waals surface area contributed by atoms with Crippen LogP contribution in [0.15, 0.2) is 47.5 Å². The summed E-state index contributed by atoms with van der Waals surface area (Å²) in [6.45, 7) is -0.392. The number of hydrogen-bond donors (Lipinski definition) is 1. The summed E-state index contributed by atoms with van der Waals surface area (Å²) in [5.74, 6) is -0.710. The molecule has 136 valence electrons. The van der Waals surface area contributed by atoms with Crippen molar-refractivity contribution in [3.63, 3.8) is 0 Å². The zero-order chi connectivity index (χ0) is 19.1. The third-order valence-corrected chi connectivity index (χ3v) is 4.73. The Labute approximate surface area is 163 Å². The maximum atomic E-state index is 12.8. The summed E-state index contributed by atoms with van der Waals surface area (Å²) in [6, 6.07) is 9.93. The average Bonchev–Trinajstić information content (AvgIpc) is 2.63. The second-order valence-electron chi connectivity index (χ2n) is 6.01. The molecule has 0 atom stereocenters. The lowest BCUT2D eigenvalue weighted by Crippen LogP contribution is -2.44. The van der Waals surface area contributed by atoms with Gasteiger partial charge in [0, 0.05) is 5.02 Å². The van der Waals surface area contributed by atoms with E-state index in [0.29, 0.717) is 21.9 Å². The number of nitrogens with zero attached hydrogens (tertiary/aromatic N) is 3. The number of aromatic nitrogens is 2. The van der Waals surface area contributed by atoms with Crippen LogP contribution in [0.4, 0.5) is 11.4 Å². The van der Waals surface area contributed by atoms with Gasteiger partial charge in [0.15, 0.2) is 0 Å². The lowest BCUT2D eigenvalue weighted by atomic mass is 10.2. The maximum absolute atomic E-state index is 12.8. The van der Waals surface area contributed by atoms with Gasteiger partial charge in [-0.3, -0.25) is 23.9 Å². The Bertz CT molecular complexity index is 1160. The fourth-order valence-electron chi connectivity index (χ4n) is 2.99. The Morgan fingerprint density at radius 2 is 1.96 bits per heavy atom. The van der Waals surface area contributed by atoms with Gasteiger partial charge >= 0.3 is 0 Å². The average molecular weight is 403 g/mol. The monoisotopic (exact) mass is 402 g/mol. The molecule has 4 rings (SSSR count). The Morgan fingerprint density at radius 3 is 2.78 bits per heavy atom. The van der Waals surface area contributed by atoms with Gasteiger partial charge in [-0.1, -0.05) is 35.3 Å². The number of hydrogen-bond acceptors (Lipinski definition) is 4. The van der Waals surface area contributed by atoms with E-state index >= 15 is 0 Å². The molecular weight excluding hydrogens is 391 g/mol. The van der Waals surface area contributed by atoms with Crippen molar-refractivity contribution in [2.24, 2.45) is 0 Å². The van der Waals surface area contributed by atoms with E-state index in [1.54, 1.807) is 24.3 Å². The number of rotatable bonds is 2. The Morgan fingerprint density at radius 1 is 1.19 bits per heavy atom. The highest BCUT2D eigenvalue weighted by Gasteiger charge is 2.27. The van der Waals surface area contributed by atoms with Gasteiger partial charge in [0.2, 0.25) is 11.8 Å². The lowest BCUT2D eigenvalue weighted by molar-refractivity contribution is -0.122. The number of para-hydroxylation sites is 2. The summed E-state index contributed by atoms with van der Waals surface area (Å²) in [4.78, 5) is 42.9. The van der Waals surface area contributed by atoms with Crippen molar-refractivity contribution in [2.45, 2.75) is 6.54 Å². The molecule has 0 bridgehead atoms. The van der Waals surface area contributed by atoms with Crippen LogP contribution in [0.25, 0.3) is 10.9 Å². The molecule has 1 aliphatic heterocycles. The molecule has 9 heteroatoms. The number of anilines is 2. The van der Waals surface area contributed by atoms with E-state index < -0.39 is 11.5 Å². The summed E-state index contributed by atoms with van der Waals surface area (Å²) in [6.07, 6.45) is 1.26. The minimum atomic E-state index is -0.438. The molecule has 0 fully saturated rings. The molecule has 0 spiro atoms. The fourth-order valence-corrected chi connectivity index (χ4v) is 3.54. The van der Waals surface area contributed by atoms with E-state index in [-0.39, 0.29) is 29.4 Å². The highest BCUT2D eigenvalue weighted by Crippen LogP contribution is 2.29. The molecule has 1 aromatic heterocycles. The number of carbonyl (C=O) groups excluding carboxylic acids is 2. The van der Waals surface area contributed by atoms with Crippen molar-refractivity contribution in [3.05, 3.63) is 63.1 Å². The summed E-state index contributed by atoms with van der Waals surface area (Å²) in [5.41, 5.74) is 1.00. The van der Waals surface area contributed by atoms with Crippen molar-refractivity contribution < 1.29 is 9.59 Å². The van der Waals surface area contributed by atoms with Crippen molar-refractivity contribution in [2.75, 3.05) is 16.8 Å².